The number of aryl methyl sites for hydroxylation is 1. The van der Waals surface area contributed by atoms with E-state index in [0.29, 0.717) is 16.5 Å². The minimum absolute atomic E-state index is 0.0230. The van der Waals surface area contributed by atoms with E-state index in [4.69, 9.17) is 28.9 Å². The fraction of sp³-hybridized carbons (Fsp3) is 0.333. The number of nitrogens with zero attached hydrogens (tertiary/aromatic N) is 3. The predicted octanol–water partition coefficient (Wildman–Crippen LogP) is 2.23. The van der Waals surface area contributed by atoms with Gasteiger partial charge in [0.2, 0.25) is 0 Å². The molecule has 1 atom stereocenters. The minimum atomic E-state index is -0.0230. The van der Waals surface area contributed by atoms with Gasteiger partial charge in [-0.05, 0) is 24.1 Å². The SMILES string of the molecule is Cn1ncnc1CC(N)Cc1ccc(Cl)c(Cl)c1. The maximum absolute atomic E-state index is 6.10. The van der Waals surface area contributed by atoms with Gasteiger partial charge in [-0.25, -0.2) is 4.98 Å². The van der Waals surface area contributed by atoms with Gasteiger partial charge in [0.25, 0.3) is 0 Å². The number of benzene rings is 1. The Bertz CT molecular complexity index is 539. The molecular formula is C12H14Cl2N4. The van der Waals surface area contributed by atoms with Crippen molar-refractivity contribution in [2.45, 2.75) is 18.9 Å². The van der Waals surface area contributed by atoms with Crippen LogP contribution in [0.2, 0.25) is 10.0 Å². The first-order valence-electron chi connectivity index (χ1n) is 5.58. The zero-order chi connectivity index (χ0) is 13.1. The van der Waals surface area contributed by atoms with Gasteiger partial charge in [-0.2, -0.15) is 5.10 Å². The Morgan fingerprint density at radius 3 is 2.67 bits per heavy atom. The van der Waals surface area contributed by atoms with Gasteiger partial charge in [0.1, 0.15) is 12.2 Å². The molecule has 0 saturated heterocycles. The maximum atomic E-state index is 6.10. The van der Waals surface area contributed by atoms with Gasteiger partial charge in [0.05, 0.1) is 10.0 Å². The summed E-state index contributed by atoms with van der Waals surface area (Å²) in [7, 11) is 1.86. The summed E-state index contributed by atoms with van der Waals surface area (Å²) in [6.45, 7) is 0. The Labute approximate surface area is 116 Å². The zero-order valence-electron chi connectivity index (χ0n) is 9.98. The molecule has 2 aromatic rings. The molecule has 1 unspecified atom stereocenters. The van der Waals surface area contributed by atoms with Gasteiger partial charge in [-0.15, -0.1) is 0 Å². The van der Waals surface area contributed by atoms with Crippen molar-refractivity contribution in [1.29, 1.82) is 0 Å². The van der Waals surface area contributed by atoms with E-state index in [1.54, 1.807) is 10.7 Å². The molecule has 4 nitrogen and oxygen atoms in total. The molecular weight excluding hydrogens is 271 g/mol. The average Bonchev–Trinajstić information content (AvgIpc) is 2.70. The van der Waals surface area contributed by atoms with Crippen LogP contribution in [0.5, 0.6) is 0 Å². The normalized spacial score (nSPS) is 12.7. The summed E-state index contributed by atoms with van der Waals surface area (Å²) < 4.78 is 1.73. The molecule has 0 aliphatic carbocycles. The predicted molar refractivity (Wildman–Crippen MR) is 72.8 cm³/mol. The van der Waals surface area contributed by atoms with Crippen molar-refractivity contribution >= 4 is 23.2 Å². The van der Waals surface area contributed by atoms with Crippen LogP contribution < -0.4 is 5.73 Å². The van der Waals surface area contributed by atoms with Crippen LogP contribution in [0.15, 0.2) is 24.5 Å². The highest BCUT2D eigenvalue weighted by Gasteiger charge is 2.10. The highest BCUT2D eigenvalue weighted by molar-refractivity contribution is 6.42. The van der Waals surface area contributed by atoms with Crippen LogP contribution in [0.25, 0.3) is 0 Å². The van der Waals surface area contributed by atoms with E-state index in [-0.39, 0.29) is 6.04 Å². The highest BCUT2D eigenvalue weighted by Crippen LogP contribution is 2.23. The molecule has 0 radical (unpaired) electrons. The molecule has 18 heavy (non-hydrogen) atoms. The summed E-state index contributed by atoms with van der Waals surface area (Å²) >= 11 is 11.8. The van der Waals surface area contributed by atoms with Crippen LogP contribution in [0.1, 0.15) is 11.4 Å². The van der Waals surface area contributed by atoms with Crippen LogP contribution in [0.3, 0.4) is 0 Å². The van der Waals surface area contributed by atoms with Crippen LogP contribution in [0.4, 0.5) is 0 Å². The Kier molecular flexibility index (Phi) is 4.22. The van der Waals surface area contributed by atoms with E-state index in [0.717, 1.165) is 17.8 Å². The van der Waals surface area contributed by atoms with Crippen LogP contribution in [-0.4, -0.2) is 20.8 Å². The second-order valence-electron chi connectivity index (χ2n) is 4.22. The summed E-state index contributed by atoms with van der Waals surface area (Å²) in [6, 6.07) is 5.55. The number of rotatable bonds is 4. The average molecular weight is 285 g/mol. The second-order valence-corrected chi connectivity index (χ2v) is 5.03. The van der Waals surface area contributed by atoms with E-state index in [9.17, 15) is 0 Å². The van der Waals surface area contributed by atoms with Gasteiger partial charge in [-0.1, -0.05) is 29.3 Å². The Hall–Kier alpha value is -1.10. The molecule has 2 N–H and O–H groups in total. The Morgan fingerprint density at radius 2 is 2.06 bits per heavy atom. The Balaban J connectivity index is 2.01. The highest BCUT2D eigenvalue weighted by atomic mass is 35.5. The number of hydrogen-bond donors (Lipinski definition) is 1. The molecule has 0 spiro atoms. The first kappa shape index (κ1) is 13.3. The lowest BCUT2D eigenvalue weighted by Crippen LogP contribution is -2.27. The topological polar surface area (TPSA) is 56.7 Å². The van der Waals surface area contributed by atoms with Gasteiger partial charge in [-0.3, -0.25) is 4.68 Å². The van der Waals surface area contributed by atoms with Crippen molar-refractivity contribution in [2.24, 2.45) is 12.8 Å². The summed E-state index contributed by atoms with van der Waals surface area (Å²) in [6.07, 6.45) is 2.93. The molecule has 0 bridgehead atoms. The van der Waals surface area contributed by atoms with E-state index in [1.165, 1.54) is 6.33 Å². The first-order chi connectivity index (χ1) is 8.56. The molecule has 1 heterocycles. The van der Waals surface area contributed by atoms with Crippen molar-refractivity contribution < 1.29 is 0 Å². The largest absolute Gasteiger partial charge is 0.327 e. The van der Waals surface area contributed by atoms with Crippen molar-refractivity contribution in [3.8, 4) is 0 Å². The quantitative estimate of drug-likeness (QED) is 0.937. The molecule has 0 aliphatic heterocycles. The fourth-order valence-corrected chi connectivity index (χ4v) is 2.10. The smallest absolute Gasteiger partial charge is 0.138 e. The van der Waals surface area contributed by atoms with E-state index in [2.05, 4.69) is 10.1 Å². The summed E-state index contributed by atoms with van der Waals surface area (Å²) in [5.74, 6) is 0.877. The van der Waals surface area contributed by atoms with E-state index < -0.39 is 0 Å². The van der Waals surface area contributed by atoms with Crippen molar-refractivity contribution in [3.63, 3.8) is 0 Å². The summed E-state index contributed by atoms with van der Waals surface area (Å²) in [4.78, 5) is 4.15. The maximum Gasteiger partial charge on any atom is 0.138 e. The third kappa shape index (κ3) is 3.22. The lowest BCUT2D eigenvalue weighted by atomic mass is 10.0. The van der Waals surface area contributed by atoms with Crippen LogP contribution in [0, 0.1) is 0 Å². The van der Waals surface area contributed by atoms with E-state index in [1.807, 2.05) is 19.2 Å². The molecule has 0 amide bonds. The Morgan fingerprint density at radius 1 is 1.28 bits per heavy atom. The monoisotopic (exact) mass is 284 g/mol. The molecule has 0 aliphatic rings. The lowest BCUT2D eigenvalue weighted by Gasteiger charge is -2.11. The molecule has 0 saturated carbocycles. The molecule has 1 aromatic carbocycles. The van der Waals surface area contributed by atoms with Crippen molar-refractivity contribution in [3.05, 3.63) is 46.0 Å². The van der Waals surface area contributed by atoms with Gasteiger partial charge in [0, 0.05) is 19.5 Å². The standard InChI is InChI=1S/C12H14Cl2N4/c1-18-12(16-7-17-18)6-9(15)4-8-2-3-10(13)11(14)5-8/h2-3,5,7,9H,4,6,15H2,1H3. The number of hydrogen-bond acceptors (Lipinski definition) is 3. The van der Waals surface area contributed by atoms with Gasteiger partial charge < -0.3 is 5.73 Å². The molecule has 2 rings (SSSR count). The van der Waals surface area contributed by atoms with Crippen molar-refractivity contribution in [1.82, 2.24) is 14.8 Å². The minimum Gasteiger partial charge on any atom is -0.327 e. The fourth-order valence-electron chi connectivity index (χ4n) is 1.78. The first-order valence-corrected chi connectivity index (χ1v) is 6.34. The number of aromatic nitrogens is 3. The molecule has 96 valence electrons. The van der Waals surface area contributed by atoms with Gasteiger partial charge >= 0.3 is 0 Å². The van der Waals surface area contributed by atoms with E-state index >= 15 is 0 Å². The summed E-state index contributed by atoms with van der Waals surface area (Å²) in [5, 5.41) is 5.13. The van der Waals surface area contributed by atoms with Crippen molar-refractivity contribution in [2.75, 3.05) is 0 Å². The molecule has 0 fully saturated rings. The summed E-state index contributed by atoms with van der Waals surface area (Å²) in [5.41, 5.74) is 7.17. The number of nitrogens with two attached hydrogens (primary N) is 1. The van der Waals surface area contributed by atoms with Crippen LogP contribution in [-0.2, 0) is 19.9 Å². The third-order valence-electron chi connectivity index (χ3n) is 2.73. The second kappa shape index (κ2) is 5.69. The lowest BCUT2D eigenvalue weighted by molar-refractivity contribution is 0.603. The van der Waals surface area contributed by atoms with Crippen LogP contribution >= 0.6 is 23.2 Å². The molecule has 1 aromatic heterocycles. The zero-order valence-corrected chi connectivity index (χ0v) is 11.5. The van der Waals surface area contributed by atoms with Gasteiger partial charge in [0.15, 0.2) is 0 Å². The molecule has 6 heteroatoms. The number of halogens is 2. The third-order valence-corrected chi connectivity index (χ3v) is 3.47.